The Bertz CT molecular complexity index is 929. The lowest BCUT2D eigenvalue weighted by atomic mass is 10.1. The van der Waals surface area contributed by atoms with Crippen LogP contribution in [0.1, 0.15) is 21.6 Å². The van der Waals surface area contributed by atoms with Gasteiger partial charge in [-0.05, 0) is 31.2 Å². The van der Waals surface area contributed by atoms with Gasteiger partial charge in [0.25, 0.3) is 11.8 Å². The molecule has 25 heavy (non-hydrogen) atoms. The minimum Gasteiger partial charge on any atom is -0.401 e. The van der Waals surface area contributed by atoms with Crippen LogP contribution in [0.2, 0.25) is 0 Å². The normalized spacial score (nSPS) is 11.6. The van der Waals surface area contributed by atoms with E-state index in [-0.39, 0.29) is 17.5 Å². The minimum absolute atomic E-state index is 0.127. The largest absolute Gasteiger partial charge is 0.416 e. The maximum absolute atomic E-state index is 12.7. The number of carbonyl (C=O) groups excluding carboxylic acids is 1. The van der Waals surface area contributed by atoms with Gasteiger partial charge in [-0.1, -0.05) is 11.2 Å². The second-order valence-electron chi connectivity index (χ2n) is 5.24. The number of amides is 1. The van der Waals surface area contributed by atoms with E-state index in [0.29, 0.717) is 5.69 Å². The molecule has 1 aromatic carbocycles. The van der Waals surface area contributed by atoms with Crippen LogP contribution >= 0.6 is 0 Å². The summed E-state index contributed by atoms with van der Waals surface area (Å²) in [5, 5.41) is 13.9. The van der Waals surface area contributed by atoms with Gasteiger partial charge in [0, 0.05) is 12.6 Å². The molecule has 0 saturated carbocycles. The summed E-state index contributed by atoms with van der Waals surface area (Å²) >= 11 is 0. The number of hydrogen-bond acceptors (Lipinski definition) is 5. The molecule has 1 N–H and O–H groups in total. The van der Waals surface area contributed by atoms with Crippen molar-refractivity contribution in [3.63, 3.8) is 0 Å². The standard InChI is InChI=1S/C15H12F3N5O2/c1-8-6-11(23(2)22-8)13-20-21-14(25-13)19-12(24)9-4-3-5-10(7-9)15(16,17)18/h3-7H,1-2H3,(H,19,21,24). The highest BCUT2D eigenvalue weighted by Gasteiger charge is 2.31. The SMILES string of the molecule is Cc1cc(-c2nnc(NC(=O)c3cccc(C(F)(F)F)c3)o2)n(C)n1. The second kappa shape index (κ2) is 6.04. The van der Waals surface area contributed by atoms with Crippen LogP contribution in [0.25, 0.3) is 11.6 Å². The summed E-state index contributed by atoms with van der Waals surface area (Å²) in [6.45, 7) is 1.79. The zero-order valence-corrected chi connectivity index (χ0v) is 13.1. The van der Waals surface area contributed by atoms with Crippen molar-refractivity contribution < 1.29 is 22.4 Å². The summed E-state index contributed by atoms with van der Waals surface area (Å²) in [6, 6.07) is 5.52. The van der Waals surface area contributed by atoms with Crippen LogP contribution in [0.4, 0.5) is 19.2 Å². The molecular weight excluding hydrogens is 339 g/mol. The van der Waals surface area contributed by atoms with E-state index < -0.39 is 17.6 Å². The number of rotatable bonds is 3. The van der Waals surface area contributed by atoms with Gasteiger partial charge in [0.2, 0.25) is 0 Å². The zero-order valence-electron chi connectivity index (χ0n) is 13.1. The predicted molar refractivity (Wildman–Crippen MR) is 80.6 cm³/mol. The maximum atomic E-state index is 12.7. The summed E-state index contributed by atoms with van der Waals surface area (Å²) in [5.74, 6) is -0.662. The van der Waals surface area contributed by atoms with Crippen molar-refractivity contribution in [2.24, 2.45) is 7.05 Å². The van der Waals surface area contributed by atoms with Gasteiger partial charge in [-0.3, -0.25) is 14.8 Å². The van der Waals surface area contributed by atoms with Gasteiger partial charge < -0.3 is 4.42 Å². The molecule has 0 spiro atoms. The number of nitrogens with one attached hydrogen (secondary N) is 1. The highest BCUT2D eigenvalue weighted by Crippen LogP contribution is 2.29. The lowest BCUT2D eigenvalue weighted by Gasteiger charge is -2.07. The fourth-order valence-electron chi connectivity index (χ4n) is 2.19. The number of halogens is 3. The molecule has 0 radical (unpaired) electrons. The van der Waals surface area contributed by atoms with E-state index in [0.717, 1.165) is 23.9 Å². The molecule has 0 atom stereocenters. The average Bonchev–Trinajstić information content (AvgIpc) is 3.12. The van der Waals surface area contributed by atoms with Crippen molar-refractivity contribution in [2.45, 2.75) is 13.1 Å². The topological polar surface area (TPSA) is 85.8 Å². The van der Waals surface area contributed by atoms with E-state index in [1.807, 2.05) is 0 Å². The molecule has 3 aromatic rings. The Hall–Kier alpha value is -3.17. The van der Waals surface area contributed by atoms with Crippen molar-refractivity contribution in [3.05, 3.63) is 47.2 Å². The lowest BCUT2D eigenvalue weighted by molar-refractivity contribution is -0.137. The van der Waals surface area contributed by atoms with Gasteiger partial charge in [-0.2, -0.15) is 18.3 Å². The van der Waals surface area contributed by atoms with Crippen LogP contribution in [0.3, 0.4) is 0 Å². The molecule has 2 aromatic heterocycles. The van der Waals surface area contributed by atoms with Crippen LogP contribution in [0.15, 0.2) is 34.7 Å². The Morgan fingerprint density at radius 3 is 2.64 bits per heavy atom. The molecule has 7 nitrogen and oxygen atoms in total. The number of nitrogens with zero attached hydrogens (tertiary/aromatic N) is 4. The van der Waals surface area contributed by atoms with Crippen LogP contribution in [0, 0.1) is 6.92 Å². The molecule has 0 aliphatic heterocycles. The molecule has 0 aliphatic rings. The first kappa shape index (κ1) is 16.7. The van der Waals surface area contributed by atoms with Gasteiger partial charge >= 0.3 is 12.2 Å². The van der Waals surface area contributed by atoms with Crippen LogP contribution in [0.5, 0.6) is 0 Å². The third-order valence-corrected chi connectivity index (χ3v) is 3.32. The Balaban J connectivity index is 1.79. The number of benzene rings is 1. The molecule has 0 saturated heterocycles. The first-order valence-corrected chi connectivity index (χ1v) is 7.07. The number of anilines is 1. The molecule has 1 amide bonds. The number of alkyl halides is 3. The summed E-state index contributed by atoms with van der Waals surface area (Å²) in [5.41, 5.74) is 0.192. The van der Waals surface area contributed by atoms with Crippen LogP contribution in [-0.2, 0) is 13.2 Å². The van der Waals surface area contributed by atoms with Gasteiger partial charge in [0.1, 0.15) is 5.69 Å². The molecule has 10 heteroatoms. The Kier molecular flexibility index (Phi) is 4.03. The van der Waals surface area contributed by atoms with Crippen molar-refractivity contribution in [1.82, 2.24) is 20.0 Å². The van der Waals surface area contributed by atoms with Crippen molar-refractivity contribution in [1.29, 1.82) is 0 Å². The smallest absolute Gasteiger partial charge is 0.401 e. The number of aryl methyl sites for hydroxylation is 2. The van der Waals surface area contributed by atoms with Crippen LogP contribution in [-0.4, -0.2) is 25.9 Å². The maximum Gasteiger partial charge on any atom is 0.416 e. The van der Waals surface area contributed by atoms with Crippen LogP contribution < -0.4 is 5.32 Å². The summed E-state index contributed by atoms with van der Waals surface area (Å²) in [6.07, 6.45) is -4.54. The fraction of sp³-hybridized carbons (Fsp3) is 0.200. The van der Waals surface area contributed by atoms with Gasteiger partial charge in [-0.15, -0.1) is 5.10 Å². The predicted octanol–water partition coefficient (Wildman–Crippen LogP) is 3.05. The number of aromatic nitrogens is 4. The fourth-order valence-corrected chi connectivity index (χ4v) is 2.19. The average molecular weight is 351 g/mol. The summed E-state index contributed by atoms with van der Waals surface area (Å²) in [4.78, 5) is 12.1. The van der Waals surface area contributed by atoms with E-state index in [9.17, 15) is 18.0 Å². The van der Waals surface area contributed by atoms with Crippen molar-refractivity contribution >= 4 is 11.9 Å². The monoisotopic (exact) mass is 351 g/mol. The Morgan fingerprint density at radius 1 is 1.24 bits per heavy atom. The number of hydrogen-bond donors (Lipinski definition) is 1. The Morgan fingerprint density at radius 2 is 2.00 bits per heavy atom. The molecule has 0 fully saturated rings. The lowest BCUT2D eigenvalue weighted by Crippen LogP contribution is -2.14. The number of carbonyl (C=O) groups is 1. The highest BCUT2D eigenvalue weighted by atomic mass is 19.4. The van der Waals surface area contributed by atoms with E-state index >= 15 is 0 Å². The Labute approximate surface area is 139 Å². The third-order valence-electron chi connectivity index (χ3n) is 3.32. The highest BCUT2D eigenvalue weighted by molar-refractivity contribution is 6.03. The molecule has 0 bridgehead atoms. The molecular formula is C15H12F3N5O2. The summed E-state index contributed by atoms with van der Waals surface area (Å²) in [7, 11) is 1.69. The molecule has 0 unspecified atom stereocenters. The van der Waals surface area contributed by atoms with Gasteiger partial charge in [0.05, 0.1) is 11.3 Å². The molecule has 2 heterocycles. The first-order chi connectivity index (χ1) is 11.7. The van der Waals surface area contributed by atoms with E-state index in [2.05, 4.69) is 20.6 Å². The minimum atomic E-state index is -4.54. The molecule has 3 rings (SSSR count). The second-order valence-corrected chi connectivity index (χ2v) is 5.24. The molecule has 130 valence electrons. The quantitative estimate of drug-likeness (QED) is 0.784. The van der Waals surface area contributed by atoms with Crippen molar-refractivity contribution in [3.8, 4) is 11.6 Å². The molecule has 0 aliphatic carbocycles. The zero-order chi connectivity index (χ0) is 18.2. The van der Waals surface area contributed by atoms with E-state index in [4.69, 9.17) is 4.42 Å². The first-order valence-electron chi connectivity index (χ1n) is 7.07. The van der Waals surface area contributed by atoms with Crippen molar-refractivity contribution in [2.75, 3.05) is 5.32 Å². The van der Waals surface area contributed by atoms with E-state index in [1.54, 1.807) is 20.0 Å². The van der Waals surface area contributed by atoms with Gasteiger partial charge in [0.15, 0.2) is 0 Å². The summed E-state index contributed by atoms with van der Waals surface area (Å²) < 4.78 is 45.0. The van der Waals surface area contributed by atoms with E-state index in [1.165, 1.54) is 10.7 Å². The van der Waals surface area contributed by atoms with Gasteiger partial charge in [-0.25, -0.2) is 0 Å². The third kappa shape index (κ3) is 3.52.